The number of likely N-dealkylation sites (N-methyl/N-ethyl adjacent to an activating group) is 1. The van der Waals surface area contributed by atoms with Crippen LogP contribution in [-0.4, -0.2) is 29.3 Å². The predicted molar refractivity (Wildman–Crippen MR) is 63.3 cm³/mol. The van der Waals surface area contributed by atoms with Gasteiger partial charge in [-0.2, -0.15) is 0 Å². The number of nitrogens with zero attached hydrogens (tertiary/aromatic N) is 2. The lowest BCUT2D eigenvalue weighted by molar-refractivity contribution is -0.384. The largest absolute Gasteiger partial charge is 0.369 e. The van der Waals surface area contributed by atoms with E-state index in [1.54, 1.807) is 24.1 Å². The van der Waals surface area contributed by atoms with E-state index >= 15 is 0 Å². The van der Waals surface area contributed by atoms with Crippen LogP contribution in [0.25, 0.3) is 0 Å². The number of nitro benzene ring substituents is 1. The van der Waals surface area contributed by atoms with Crippen LogP contribution >= 0.6 is 0 Å². The Morgan fingerprint density at radius 1 is 1.59 bits per heavy atom. The van der Waals surface area contributed by atoms with E-state index in [9.17, 15) is 14.9 Å². The minimum atomic E-state index is -0.440. The molecule has 1 atom stereocenters. The molecule has 0 spiro atoms. The number of non-ortho nitro benzene ring substituents is 1. The van der Waals surface area contributed by atoms with Gasteiger partial charge >= 0.3 is 0 Å². The van der Waals surface area contributed by atoms with E-state index in [-0.39, 0.29) is 18.3 Å². The fraction of sp³-hybridized carbons (Fsp3) is 0.364. The van der Waals surface area contributed by atoms with Crippen molar-refractivity contribution in [1.29, 1.82) is 0 Å². The van der Waals surface area contributed by atoms with Crippen LogP contribution in [0.15, 0.2) is 24.3 Å². The summed E-state index contributed by atoms with van der Waals surface area (Å²) in [5, 5.41) is 10.6. The Balaban J connectivity index is 2.88. The molecule has 0 heterocycles. The molecule has 0 saturated heterocycles. The molecule has 0 aromatic heterocycles. The fourth-order valence-electron chi connectivity index (χ4n) is 1.54. The monoisotopic (exact) mass is 237 g/mol. The molecule has 0 saturated carbocycles. The number of benzene rings is 1. The van der Waals surface area contributed by atoms with E-state index in [0.717, 1.165) is 5.56 Å². The standard InChI is InChI=1S/C11H15N3O3/c1-8(13(2)7-11(12)15)9-4-3-5-10(6-9)14(16)17/h3-6,8H,7H2,1-2H3,(H2,12,15). The van der Waals surface area contributed by atoms with Crippen LogP contribution in [0.4, 0.5) is 5.69 Å². The van der Waals surface area contributed by atoms with Gasteiger partial charge in [-0.05, 0) is 19.5 Å². The van der Waals surface area contributed by atoms with Crippen molar-refractivity contribution in [3.63, 3.8) is 0 Å². The minimum Gasteiger partial charge on any atom is -0.369 e. The van der Waals surface area contributed by atoms with Gasteiger partial charge in [-0.15, -0.1) is 0 Å². The van der Waals surface area contributed by atoms with E-state index < -0.39 is 10.8 Å². The highest BCUT2D eigenvalue weighted by atomic mass is 16.6. The van der Waals surface area contributed by atoms with Crippen LogP contribution in [0, 0.1) is 10.1 Å². The molecule has 0 bridgehead atoms. The van der Waals surface area contributed by atoms with Gasteiger partial charge in [0.2, 0.25) is 5.91 Å². The number of amides is 1. The molecule has 92 valence electrons. The van der Waals surface area contributed by atoms with Crippen LogP contribution in [0.1, 0.15) is 18.5 Å². The predicted octanol–water partition coefficient (Wildman–Crippen LogP) is 1.07. The molecule has 1 unspecified atom stereocenters. The summed E-state index contributed by atoms with van der Waals surface area (Å²) in [5.74, 6) is -0.426. The van der Waals surface area contributed by atoms with E-state index in [1.165, 1.54) is 12.1 Å². The van der Waals surface area contributed by atoms with E-state index in [0.29, 0.717) is 0 Å². The van der Waals surface area contributed by atoms with Crippen molar-refractivity contribution in [2.24, 2.45) is 5.73 Å². The molecule has 0 radical (unpaired) electrons. The average Bonchev–Trinajstić information content (AvgIpc) is 2.27. The maximum Gasteiger partial charge on any atom is 0.269 e. The minimum absolute atomic E-state index is 0.0434. The zero-order valence-electron chi connectivity index (χ0n) is 9.79. The molecule has 1 aromatic carbocycles. The van der Waals surface area contributed by atoms with Crippen molar-refractivity contribution in [3.8, 4) is 0 Å². The average molecular weight is 237 g/mol. The van der Waals surface area contributed by atoms with Gasteiger partial charge < -0.3 is 5.73 Å². The lowest BCUT2D eigenvalue weighted by Gasteiger charge is -2.23. The Morgan fingerprint density at radius 2 is 2.24 bits per heavy atom. The number of primary amides is 1. The fourth-order valence-corrected chi connectivity index (χ4v) is 1.54. The van der Waals surface area contributed by atoms with Crippen molar-refractivity contribution >= 4 is 11.6 Å². The zero-order valence-corrected chi connectivity index (χ0v) is 9.79. The molecule has 6 nitrogen and oxygen atoms in total. The number of carbonyl (C=O) groups is 1. The van der Waals surface area contributed by atoms with Gasteiger partial charge in [0.05, 0.1) is 11.5 Å². The highest BCUT2D eigenvalue weighted by molar-refractivity contribution is 5.75. The van der Waals surface area contributed by atoms with Crippen molar-refractivity contribution in [3.05, 3.63) is 39.9 Å². The third kappa shape index (κ3) is 3.53. The molecule has 6 heteroatoms. The molecule has 17 heavy (non-hydrogen) atoms. The lowest BCUT2D eigenvalue weighted by Crippen LogP contribution is -2.32. The van der Waals surface area contributed by atoms with Crippen LogP contribution < -0.4 is 5.73 Å². The lowest BCUT2D eigenvalue weighted by atomic mass is 10.1. The summed E-state index contributed by atoms with van der Waals surface area (Å²) in [6.07, 6.45) is 0. The Bertz CT molecular complexity index is 434. The second kappa shape index (κ2) is 5.40. The first-order chi connectivity index (χ1) is 7.91. The molecule has 1 amide bonds. The van der Waals surface area contributed by atoms with Gasteiger partial charge in [-0.1, -0.05) is 12.1 Å². The maximum atomic E-state index is 10.8. The molecule has 0 aliphatic carbocycles. The Hall–Kier alpha value is -1.95. The quantitative estimate of drug-likeness (QED) is 0.612. The van der Waals surface area contributed by atoms with Crippen molar-refractivity contribution in [2.75, 3.05) is 13.6 Å². The number of hydrogen-bond donors (Lipinski definition) is 1. The second-order valence-electron chi connectivity index (χ2n) is 3.91. The van der Waals surface area contributed by atoms with E-state index in [2.05, 4.69) is 0 Å². The summed E-state index contributed by atoms with van der Waals surface area (Å²) >= 11 is 0. The van der Waals surface area contributed by atoms with Crippen LogP contribution in [0.2, 0.25) is 0 Å². The molecule has 2 N–H and O–H groups in total. The molecular weight excluding hydrogens is 222 g/mol. The van der Waals surface area contributed by atoms with Crippen LogP contribution in [-0.2, 0) is 4.79 Å². The van der Waals surface area contributed by atoms with Crippen molar-refractivity contribution in [2.45, 2.75) is 13.0 Å². The number of rotatable bonds is 5. The first kappa shape index (κ1) is 13.1. The molecule has 1 rings (SSSR count). The normalized spacial score (nSPS) is 12.4. The maximum absolute atomic E-state index is 10.8. The summed E-state index contributed by atoms with van der Waals surface area (Å²) in [7, 11) is 1.74. The third-order valence-corrected chi connectivity index (χ3v) is 2.63. The van der Waals surface area contributed by atoms with Crippen LogP contribution in [0.3, 0.4) is 0 Å². The first-order valence-electron chi connectivity index (χ1n) is 5.14. The highest BCUT2D eigenvalue weighted by Gasteiger charge is 2.15. The molecule has 0 aliphatic rings. The summed E-state index contributed by atoms with van der Waals surface area (Å²) in [6, 6.07) is 6.24. The molecular formula is C11H15N3O3. The first-order valence-corrected chi connectivity index (χ1v) is 5.14. The molecule has 0 fully saturated rings. The Kier molecular flexibility index (Phi) is 4.17. The molecule has 0 aliphatic heterocycles. The number of hydrogen-bond acceptors (Lipinski definition) is 4. The summed E-state index contributed by atoms with van der Waals surface area (Å²) in [4.78, 5) is 22.7. The zero-order chi connectivity index (χ0) is 13.0. The van der Waals surface area contributed by atoms with Crippen LogP contribution in [0.5, 0.6) is 0 Å². The van der Waals surface area contributed by atoms with Gasteiger partial charge in [0.25, 0.3) is 5.69 Å². The van der Waals surface area contributed by atoms with Crippen molar-refractivity contribution in [1.82, 2.24) is 4.90 Å². The summed E-state index contributed by atoms with van der Waals surface area (Å²) < 4.78 is 0. The third-order valence-electron chi connectivity index (χ3n) is 2.63. The topological polar surface area (TPSA) is 89.5 Å². The highest BCUT2D eigenvalue weighted by Crippen LogP contribution is 2.22. The second-order valence-corrected chi connectivity index (χ2v) is 3.91. The van der Waals surface area contributed by atoms with Gasteiger partial charge in [-0.25, -0.2) is 0 Å². The Morgan fingerprint density at radius 3 is 2.76 bits per heavy atom. The van der Waals surface area contributed by atoms with Gasteiger partial charge in [-0.3, -0.25) is 19.8 Å². The number of nitro groups is 1. The summed E-state index contributed by atoms with van der Waals surface area (Å²) in [6.45, 7) is 1.98. The number of carbonyl (C=O) groups excluding carboxylic acids is 1. The molecule has 1 aromatic rings. The van der Waals surface area contributed by atoms with E-state index in [1.807, 2.05) is 6.92 Å². The number of nitrogens with two attached hydrogens (primary N) is 1. The summed E-state index contributed by atoms with van der Waals surface area (Å²) in [5.41, 5.74) is 5.92. The van der Waals surface area contributed by atoms with Gasteiger partial charge in [0, 0.05) is 18.2 Å². The van der Waals surface area contributed by atoms with E-state index in [4.69, 9.17) is 5.73 Å². The smallest absolute Gasteiger partial charge is 0.269 e. The van der Waals surface area contributed by atoms with Crippen molar-refractivity contribution < 1.29 is 9.72 Å². The van der Waals surface area contributed by atoms with Gasteiger partial charge in [0.1, 0.15) is 0 Å². The Labute approximate surface area is 99.2 Å². The SMILES string of the molecule is CC(c1cccc([N+](=O)[O-])c1)N(C)CC(N)=O. The van der Waals surface area contributed by atoms with Gasteiger partial charge in [0.15, 0.2) is 0 Å².